The molecule has 0 aliphatic carbocycles. The molecule has 1 aliphatic rings. The lowest BCUT2D eigenvalue weighted by Crippen LogP contribution is -2.40. The molecule has 0 bridgehead atoms. The summed E-state index contributed by atoms with van der Waals surface area (Å²) in [7, 11) is 0. The molecule has 3 aromatic rings. The monoisotopic (exact) mass is 464 g/mol. The number of aromatic nitrogens is 2. The summed E-state index contributed by atoms with van der Waals surface area (Å²) in [6.07, 6.45) is 2.70. The number of hydrogen-bond donors (Lipinski definition) is 1. The molecular weight excluding hydrogens is 432 g/mol. The Morgan fingerprint density at radius 2 is 1.91 bits per heavy atom. The Balaban J connectivity index is 1.14. The number of piperidine rings is 1. The summed E-state index contributed by atoms with van der Waals surface area (Å²) >= 11 is 1.84. The highest BCUT2D eigenvalue weighted by atomic mass is 32.2. The molecule has 1 aromatic heterocycles. The second-order valence-electron chi connectivity index (χ2n) is 8.74. The van der Waals surface area contributed by atoms with E-state index in [0.717, 1.165) is 50.2 Å². The van der Waals surface area contributed by atoms with Crippen LogP contribution >= 0.6 is 11.8 Å². The van der Waals surface area contributed by atoms with Crippen LogP contribution in [0.1, 0.15) is 36.3 Å². The van der Waals surface area contributed by atoms with E-state index in [9.17, 15) is 4.79 Å². The molecule has 0 spiro atoms. The normalized spacial score (nSPS) is 15.0. The molecule has 174 valence electrons. The van der Waals surface area contributed by atoms with Crippen LogP contribution in [0.4, 0.5) is 0 Å². The summed E-state index contributed by atoms with van der Waals surface area (Å²) in [5.74, 6) is 2.55. The third-order valence-corrected chi connectivity index (χ3v) is 7.07. The number of carbonyl (C=O) groups excluding carboxylic acids is 1. The summed E-state index contributed by atoms with van der Waals surface area (Å²) in [5.41, 5.74) is 3.42. The average Bonchev–Trinajstić information content (AvgIpc) is 3.29. The number of amides is 1. The summed E-state index contributed by atoms with van der Waals surface area (Å²) in [6.45, 7) is 7.25. The third-order valence-electron chi connectivity index (χ3n) is 5.97. The maximum atomic E-state index is 12.5. The Bertz CT molecular complexity index is 1040. The van der Waals surface area contributed by atoms with Gasteiger partial charge in [0.05, 0.1) is 6.54 Å². The van der Waals surface area contributed by atoms with Gasteiger partial charge in [0.15, 0.2) is 0 Å². The van der Waals surface area contributed by atoms with Gasteiger partial charge in [-0.05, 0) is 70.2 Å². The molecule has 0 atom stereocenters. The van der Waals surface area contributed by atoms with Crippen LogP contribution in [0.15, 0.2) is 57.9 Å². The molecule has 33 heavy (non-hydrogen) atoms. The molecule has 2 aromatic carbocycles. The summed E-state index contributed by atoms with van der Waals surface area (Å²) in [4.78, 5) is 20.7. The number of likely N-dealkylation sites (tertiary alicyclic amines) is 1. The van der Waals surface area contributed by atoms with Gasteiger partial charge >= 0.3 is 0 Å². The van der Waals surface area contributed by atoms with E-state index in [2.05, 4.69) is 70.6 Å². The zero-order chi connectivity index (χ0) is 23.0. The predicted molar refractivity (Wildman–Crippen MR) is 132 cm³/mol. The van der Waals surface area contributed by atoms with Crippen LogP contribution in [-0.4, -0.2) is 46.3 Å². The molecule has 1 N–H and O–H groups in total. The van der Waals surface area contributed by atoms with Crippen LogP contribution in [0.25, 0.3) is 11.4 Å². The van der Waals surface area contributed by atoms with Crippen molar-refractivity contribution in [3.05, 3.63) is 65.5 Å². The fourth-order valence-corrected chi connectivity index (χ4v) is 4.87. The van der Waals surface area contributed by atoms with E-state index in [4.69, 9.17) is 4.52 Å². The highest BCUT2D eigenvalue weighted by Crippen LogP contribution is 2.22. The Hall–Kier alpha value is -2.64. The van der Waals surface area contributed by atoms with Crippen molar-refractivity contribution in [2.45, 2.75) is 44.6 Å². The first-order valence-corrected chi connectivity index (χ1v) is 12.6. The van der Waals surface area contributed by atoms with Crippen molar-refractivity contribution >= 4 is 17.7 Å². The van der Waals surface area contributed by atoms with E-state index in [1.165, 1.54) is 16.0 Å². The Labute approximate surface area is 200 Å². The van der Waals surface area contributed by atoms with E-state index >= 15 is 0 Å². The number of nitrogens with one attached hydrogen (secondary N) is 1. The standard InChI is InChI=1S/C26H32N4O2S/c1-19-7-9-23(10-8-19)33-16-4-13-27-26(31)21-11-14-30(15-12-21)18-24-28-25(29-32-24)22-6-3-5-20(2)17-22/h3,5-10,17,21H,4,11-16,18H2,1-2H3,(H,27,31). The van der Waals surface area contributed by atoms with E-state index in [1.54, 1.807) is 0 Å². The van der Waals surface area contributed by atoms with E-state index in [-0.39, 0.29) is 11.8 Å². The van der Waals surface area contributed by atoms with Crippen molar-refractivity contribution in [3.8, 4) is 11.4 Å². The largest absolute Gasteiger partial charge is 0.356 e. The van der Waals surface area contributed by atoms with Crippen molar-refractivity contribution in [2.75, 3.05) is 25.4 Å². The maximum Gasteiger partial charge on any atom is 0.241 e. The van der Waals surface area contributed by atoms with E-state index in [1.807, 2.05) is 23.9 Å². The number of benzene rings is 2. The molecule has 7 heteroatoms. The van der Waals surface area contributed by atoms with Gasteiger partial charge in [-0.3, -0.25) is 9.69 Å². The SMILES string of the molecule is Cc1ccc(SCCCNC(=O)C2CCN(Cc3nc(-c4cccc(C)c4)no3)CC2)cc1. The zero-order valence-electron chi connectivity index (χ0n) is 19.4. The lowest BCUT2D eigenvalue weighted by Gasteiger charge is -2.30. The second-order valence-corrected chi connectivity index (χ2v) is 9.91. The van der Waals surface area contributed by atoms with Gasteiger partial charge in [-0.15, -0.1) is 11.8 Å². The third kappa shape index (κ3) is 6.92. The molecule has 1 aliphatic heterocycles. The molecule has 0 saturated carbocycles. The van der Waals surface area contributed by atoms with Crippen molar-refractivity contribution in [1.29, 1.82) is 0 Å². The molecular formula is C26H32N4O2S. The van der Waals surface area contributed by atoms with Gasteiger partial charge in [0, 0.05) is 22.9 Å². The zero-order valence-corrected chi connectivity index (χ0v) is 20.2. The quantitative estimate of drug-likeness (QED) is 0.360. The minimum atomic E-state index is 0.0940. The number of rotatable bonds is 9. The van der Waals surface area contributed by atoms with Crippen LogP contribution in [0.3, 0.4) is 0 Å². The van der Waals surface area contributed by atoms with Crippen LogP contribution in [-0.2, 0) is 11.3 Å². The number of nitrogens with zero attached hydrogens (tertiary/aromatic N) is 3. The molecule has 1 fully saturated rings. The minimum Gasteiger partial charge on any atom is -0.356 e. The number of hydrogen-bond acceptors (Lipinski definition) is 6. The molecule has 0 unspecified atom stereocenters. The smallest absolute Gasteiger partial charge is 0.241 e. The summed E-state index contributed by atoms with van der Waals surface area (Å²) in [5, 5.41) is 7.26. The van der Waals surface area contributed by atoms with Gasteiger partial charge in [0.1, 0.15) is 0 Å². The lowest BCUT2D eigenvalue weighted by atomic mass is 9.96. The van der Waals surface area contributed by atoms with Gasteiger partial charge in [-0.25, -0.2) is 0 Å². The molecule has 1 amide bonds. The Morgan fingerprint density at radius 3 is 2.67 bits per heavy atom. The van der Waals surface area contributed by atoms with Gasteiger partial charge in [0.25, 0.3) is 0 Å². The Morgan fingerprint density at radius 1 is 1.12 bits per heavy atom. The fourth-order valence-electron chi connectivity index (χ4n) is 4.02. The maximum absolute atomic E-state index is 12.5. The minimum absolute atomic E-state index is 0.0940. The average molecular weight is 465 g/mol. The van der Waals surface area contributed by atoms with Crippen molar-refractivity contribution < 1.29 is 9.32 Å². The topological polar surface area (TPSA) is 71.3 Å². The van der Waals surface area contributed by atoms with Gasteiger partial charge in [-0.2, -0.15) is 4.98 Å². The van der Waals surface area contributed by atoms with Gasteiger partial charge in [-0.1, -0.05) is 46.6 Å². The molecule has 6 nitrogen and oxygen atoms in total. The highest BCUT2D eigenvalue weighted by molar-refractivity contribution is 7.99. The molecule has 1 saturated heterocycles. The summed E-state index contributed by atoms with van der Waals surface area (Å²) in [6, 6.07) is 16.7. The predicted octanol–water partition coefficient (Wildman–Crippen LogP) is 4.86. The van der Waals surface area contributed by atoms with Gasteiger partial charge in [0.2, 0.25) is 17.6 Å². The van der Waals surface area contributed by atoms with Crippen LogP contribution in [0.5, 0.6) is 0 Å². The number of thioether (sulfide) groups is 1. The van der Waals surface area contributed by atoms with Crippen molar-refractivity contribution in [1.82, 2.24) is 20.4 Å². The fraction of sp³-hybridized carbons (Fsp3) is 0.423. The first-order valence-electron chi connectivity index (χ1n) is 11.7. The van der Waals surface area contributed by atoms with Crippen LogP contribution in [0, 0.1) is 19.8 Å². The molecule has 2 heterocycles. The van der Waals surface area contributed by atoms with Crippen molar-refractivity contribution in [3.63, 3.8) is 0 Å². The highest BCUT2D eigenvalue weighted by Gasteiger charge is 2.25. The van der Waals surface area contributed by atoms with Crippen LogP contribution < -0.4 is 5.32 Å². The summed E-state index contributed by atoms with van der Waals surface area (Å²) < 4.78 is 5.47. The number of carbonyl (C=O) groups is 1. The number of aryl methyl sites for hydroxylation is 2. The molecule has 0 radical (unpaired) electrons. The van der Waals surface area contributed by atoms with Crippen molar-refractivity contribution in [2.24, 2.45) is 5.92 Å². The van der Waals surface area contributed by atoms with Gasteiger partial charge < -0.3 is 9.84 Å². The second kappa shape index (κ2) is 11.5. The van der Waals surface area contributed by atoms with E-state index < -0.39 is 0 Å². The van der Waals surface area contributed by atoms with E-state index in [0.29, 0.717) is 18.3 Å². The van der Waals surface area contributed by atoms with Crippen LogP contribution in [0.2, 0.25) is 0 Å². The lowest BCUT2D eigenvalue weighted by molar-refractivity contribution is -0.126. The first kappa shape index (κ1) is 23.5. The Kier molecular flexibility index (Phi) is 8.18. The molecule has 4 rings (SSSR count). The first-order chi connectivity index (χ1) is 16.1.